The second-order valence-corrected chi connectivity index (χ2v) is 5.65. The number of hydrogen-bond donors (Lipinski definition) is 1. The van der Waals surface area contributed by atoms with Gasteiger partial charge in [0.1, 0.15) is 5.75 Å². The number of aromatic nitrogens is 2. The van der Waals surface area contributed by atoms with E-state index in [9.17, 15) is 0 Å². The molecule has 1 atom stereocenters. The van der Waals surface area contributed by atoms with Crippen LogP contribution in [0, 0.1) is 0 Å². The first kappa shape index (κ1) is 16.1. The van der Waals surface area contributed by atoms with Crippen molar-refractivity contribution in [3.63, 3.8) is 0 Å². The van der Waals surface area contributed by atoms with Gasteiger partial charge in [-0.25, -0.2) is 0 Å². The fraction of sp³-hybridized carbons (Fsp3) is 0.429. The molecule has 1 aromatic carbocycles. The van der Waals surface area contributed by atoms with E-state index in [0.717, 1.165) is 5.56 Å². The van der Waals surface area contributed by atoms with Gasteiger partial charge < -0.3 is 15.0 Å². The number of hydrogen-bond acceptors (Lipinski definition) is 5. The highest BCUT2D eigenvalue weighted by Crippen LogP contribution is 2.33. The van der Waals surface area contributed by atoms with Crippen LogP contribution in [0.2, 0.25) is 10.0 Å². The molecule has 2 N–H and O–H groups in total. The zero-order valence-corrected chi connectivity index (χ0v) is 13.4. The second-order valence-electron chi connectivity index (χ2n) is 4.80. The molecule has 0 aliphatic heterocycles. The summed E-state index contributed by atoms with van der Waals surface area (Å²) in [6, 6.07) is 3.41. The summed E-state index contributed by atoms with van der Waals surface area (Å²) in [5.74, 6) is 1.61. The summed E-state index contributed by atoms with van der Waals surface area (Å²) in [5.41, 5.74) is 6.70. The number of ether oxygens (including phenoxy) is 1. The third kappa shape index (κ3) is 4.33. The average molecular weight is 330 g/mol. The molecule has 1 aromatic heterocycles. The van der Waals surface area contributed by atoms with Crippen molar-refractivity contribution in [2.45, 2.75) is 39.3 Å². The fourth-order valence-corrected chi connectivity index (χ4v) is 2.49. The van der Waals surface area contributed by atoms with Gasteiger partial charge in [-0.3, -0.25) is 0 Å². The largest absolute Gasteiger partial charge is 0.484 e. The average Bonchev–Trinajstić information content (AvgIpc) is 2.84. The Labute approximate surface area is 133 Å². The van der Waals surface area contributed by atoms with Crippen molar-refractivity contribution in [2.24, 2.45) is 5.73 Å². The van der Waals surface area contributed by atoms with Gasteiger partial charge in [-0.15, -0.1) is 0 Å². The smallest absolute Gasteiger partial charge is 0.226 e. The molecular formula is C14H17Cl2N3O2. The summed E-state index contributed by atoms with van der Waals surface area (Å²) in [6.07, 6.45) is 1.30. The molecule has 0 fully saturated rings. The van der Waals surface area contributed by atoms with Crippen LogP contribution in [-0.4, -0.2) is 16.2 Å². The zero-order chi connectivity index (χ0) is 15.4. The Kier molecular flexibility index (Phi) is 5.45. The van der Waals surface area contributed by atoms with E-state index in [1.54, 1.807) is 12.1 Å². The third-order valence-corrected chi connectivity index (χ3v) is 3.28. The van der Waals surface area contributed by atoms with Crippen molar-refractivity contribution in [1.29, 1.82) is 0 Å². The lowest BCUT2D eigenvalue weighted by molar-refractivity contribution is 0.282. The van der Waals surface area contributed by atoms with Crippen LogP contribution in [0.25, 0.3) is 0 Å². The van der Waals surface area contributed by atoms with Gasteiger partial charge in [0.15, 0.2) is 6.61 Å². The summed E-state index contributed by atoms with van der Waals surface area (Å²) >= 11 is 12.2. The highest BCUT2D eigenvalue weighted by Gasteiger charge is 2.14. The maximum Gasteiger partial charge on any atom is 0.226 e. The lowest BCUT2D eigenvalue weighted by Gasteiger charge is -2.14. The van der Waals surface area contributed by atoms with Gasteiger partial charge in [-0.05, 0) is 31.0 Å². The summed E-state index contributed by atoms with van der Waals surface area (Å²) in [7, 11) is 0. The third-order valence-electron chi connectivity index (χ3n) is 2.79. The van der Waals surface area contributed by atoms with Gasteiger partial charge in [0.05, 0.1) is 5.02 Å². The molecule has 2 aromatic rings. The summed E-state index contributed by atoms with van der Waals surface area (Å²) < 4.78 is 10.8. The zero-order valence-electron chi connectivity index (χ0n) is 11.9. The Morgan fingerprint density at radius 2 is 2.14 bits per heavy atom. The van der Waals surface area contributed by atoms with Gasteiger partial charge >= 0.3 is 0 Å². The molecule has 0 aliphatic rings. The van der Waals surface area contributed by atoms with Crippen LogP contribution >= 0.6 is 23.2 Å². The minimum atomic E-state index is -0.0289. The van der Waals surface area contributed by atoms with Gasteiger partial charge in [0.2, 0.25) is 11.7 Å². The maximum atomic E-state index is 6.20. The fourth-order valence-electron chi connectivity index (χ4n) is 1.90. The van der Waals surface area contributed by atoms with Crippen molar-refractivity contribution in [2.75, 3.05) is 0 Å². The first-order chi connectivity index (χ1) is 9.99. The topological polar surface area (TPSA) is 74.2 Å². The van der Waals surface area contributed by atoms with Gasteiger partial charge in [0.25, 0.3) is 0 Å². The van der Waals surface area contributed by atoms with Crippen molar-refractivity contribution in [1.82, 2.24) is 10.1 Å². The molecule has 0 spiro atoms. The molecule has 0 bridgehead atoms. The maximum absolute atomic E-state index is 6.20. The minimum absolute atomic E-state index is 0.0289. The number of halogens is 2. The standard InChI is InChI=1S/C14H17Cl2N3O2/c1-3-13-18-12(19-21-13)7-20-14-9(4-8(2)17)5-10(15)6-11(14)16/h5-6,8H,3-4,7,17H2,1-2H3. The first-order valence-electron chi connectivity index (χ1n) is 6.67. The molecule has 7 heteroatoms. The monoisotopic (exact) mass is 329 g/mol. The van der Waals surface area contributed by atoms with Crippen molar-refractivity contribution >= 4 is 23.2 Å². The Balaban J connectivity index is 2.17. The normalized spacial score (nSPS) is 12.4. The van der Waals surface area contributed by atoms with Gasteiger partial charge in [0, 0.05) is 17.5 Å². The number of aryl methyl sites for hydroxylation is 1. The van der Waals surface area contributed by atoms with Crippen LogP contribution in [0.1, 0.15) is 31.1 Å². The van der Waals surface area contributed by atoms with Crippen LogP contribution < -0.4 is 10.5 Å². The Hall–Kier alpha value is -1.30. The molecule has 0 radical (unpaired) electrons. The van der Waals surface area contributed by atoms with Crippen LogP contribution in [0.3, 0.4) is 0 Å². The van der Waals surface area contributed by atoms with Gasteiger partial charge in [-0.1, -0.05) is 35.3 Å². The Morgan fingerprint density at radius 1 is 1.38 bits per heavy atom. The molecule has 1 heterocycles. The lowest BCUT2D eigenvalue weighted by Crippen LogP contribution is -2.18. The van der Waals surface area contributed by atoms with Gasteiger partial charge in [-0.2, -0.15) is 4.98 Å². The predicted octanol–water partition coefficient (Wildman–Crippen LogP) is 3.41. The molecule has 5 nitrogen and oxygen atoms in total. The molecule has 0 saturated carbocycles. The van der Waals surface area contributed by atoms with E-state index in [-0.39, 0.29) is 12.6 Å². The van der Waals surface area contributed by atoms with E-state index < -0.39 is 0 Å². The number of nitrogens with zero attached hydrogens (tertiary/aromatic N) is 2. The summed E-state index contributed by atoms with van der Waals surface area (Å²) in [4.78, 5) is 4.19. The molecule has 1 unspecified atom stereocenters. The van der Waals surface area contributed by atoms with E-state index in [1.807, 2.05) is 13.8 Å². The molecular weight excluding hydrogens is 313 g/mol. The molecule has 21 heavy (non-hydrogen) atoms. The predicted molar refractivity (Wildman–Crippen MR) is 81.8 cm³/mol. The second kappa shape index (κ2) is 7.11. The first-order valence-corrected chi connectivity index (χ1v) is 7.43. The van der Waals surface area contributed by atoms with Crippen molar-refractivity contribution in [3.8, 4) is 5.75 Å². The Morgan fingerprint density at radius 3 is 2.76 bits per heavy atom. The molecule has 0 amide bonds. The number of nitrogens with two attached hydrogens (primary N) is 1. The molecule has 0 aliphatic carbocycles. The molecule has 2 rings (SSSR count). The van der Waals surface area contributed by atoms with E-state index in [1.165, 1.54) is 0 Å². The minimum Gasteiger partial charge on any atom is -0.484 e. The van der Waals surface area contributed by atoms with Crippen molar-refractivity contribution < 1.29 is 9.26 Å². The van der Waals surface area contributed by atoms with E-state index in [4.69, 9.17) is 38.2 Å². The van der Waals surface area contributed by atoms with Crippen LogP contribution in [-0.2, 0) is 19.4 Å². The SMILES string of the molecule is CCc1nc(COc2c(Cl)cc(Cl)cc2CC(C)N)no1. The molecule has 114 valence electrons. The van der Waals surface area contributed by atoms with Crippen LogP contribution in [0.5, 0.6) is 5.75 Å². The quantitative estimate of drug-likeness (QED) is 0.878. The van der Waals surface area contributed by atoms with Crippen molar-refractivity contribution in [3.05, 3.63) is 39.5 Å². The lowest BCUT2D eigenvalue weighted by atomic mass is 10.1. The van der Waals surface area contributed by atoms with E-state index in [0.29, 0.717) is 40.4 Å². The highest BCUT2D eigenvalue weighted by molar-refractivity contribution is 6.35. The van der Waals surface area contributed by atoms with E-state index >= 15 is 0 Å². The highest BCUT2D eigenvalue weighted by atomic mass is 35.5. The van der Waals surface area contributed by atoms with E-state index in [2.05, 4.69) is 10.1 Å². The van der Waals surface area contributed by atoms with Crippen LogP contribution in [0.15, 0.2) is 16.7 Å². The van der Waals surface area contributed by atoms with Crippen LogP contribution in [0.4, 0.5) is 0 Å². The summed E-state index contributed by atoms with van der Waals surface area (Å²) in [6.45, 7) is 4.02. The summed E-state index contributed by atoms with van der Waals surface area (Å²) in [5, 5.41) is 4.83. The molecule has 0 saturated heterocycles. The Bertz CT molecular complexity index is 614. The number of rotatable bonds is 6. The number of benzene rings is 1.